The summed E-state index contributed by atoms with van der Waals surface area (Å²) in [5.41, 5.74) is 1.65. The fourth-order valence-corrected chi connectivity index (χ4v) is 5.89. The van der Waals surface area contributed by atoms with Crippen molar-refractivity contribution in [3.05, 3.63) is 76.4 Å². The Bertz CT molecular complexity index is 1930. The minimum atomic E-state index is -3.07. The predicted molar refractivity (Wildman–Crippen MR) is 167 cm³/mol. The van der Waals surface area contributed by atoms with Crippen LogP contribution in [0.15, 0.2) is 59.4 Å². The molecule has 5 aromatic rings. The van der Waals surface area contributed by atoms with Gasteiger partial charge < -0.3 is 28.9 Å². The first kappa shape index (κ1) is 30.4. The summed E-state index contributed by atoms with van der Waals surface area (Å²) in [6.07, 6.45) is 5.56. The highest BCUT2D eigenvalue weighted by atomic mass is 35.5. The zero-order valence-electron chi connectivity index (χ0n) is 23.5. The maximum Gasteiger partial charge on any atom is 0.196 e. The van der Waals surface area contributed by atoms with Crippen LogP contribution in [0.3, 0.4) is 0 Å². The molecule has 0 bridgehead atoms. The van der Waals surface area contributed by atoms with Crippen molar-refractivity contribution in [1.82, 2.24) is 15.0 Å². The molecular formula is C30H28Cl2N4O7S. The van der Waals surface area contributed by atoms with E-state index in [1.807, 2.05) is 12.1 Å². The number of hydrogen-bond donors (Lipinski definition) is 2. The Morgan fingerprint density at radius 3 is 2.77 bits per heavy atom. The number of fused-ring (bicyclic) bond motifs is 2. The van der Waals surface area contributed by atoms with Gasteiger partial charge in [0.2, 0.25) is 0 Å². The number of carbonyl (C=O) groups is 1. The first-order chi connectivity index (χ1) is 21.1. The largest absolute Gasteiger partial charge is 0.453 e. The number of aromatic amines is 1. The van der Waals surface area contributed by atoms with E-state index in [1.54, 1.807) is 36.5 Å². The Labute approximate surface area is 262 Å². The summed E-state index contributed by atoms with van der Waals surface area (Å²) in [5, 5.41) is 5.19. The molecule has 0 radical (unpaired) electrons. The fourth-order valence-electron chi connectivity index (χ4n) is 5.02. The Hall–Kier alpha value is -3.68. The first-order valence-corrected chi connectivity index (χ1v) is 16.6. The number of benzene rings is 2. The van der Waals surface area contributed by atoms with Gasteiger partial charge in [0.25, 0.3) is 0 Å². The van der Waals surface area contributed by atoms with Crippen molar-refractivity contribution in [3.63, 3.8) is 0 Å². The number of nitrogens with zero attached hydrogens (tertiary/aromatic N) is 2. The van der Waals surface area contributed by atoms with Crippen molar-refractivity contribution >= 4 is 66.6 Å². The van der Waals surface area contributed by atoms with Crippen LogP contribution in [-0.4, -0.2) is 73.1 Å². The number of anilines is 1. The Balaban J connectivity index is 1.14. The third kappa shape index (κ3) is 6.84. The molecule has 0 aliphatic carbocycles. The predicted octanol–water partition coefficient (Wildman–Crippen LogP) is 6.05. The van der Waals surface area contributed by atoms with Crippen LogP contribution >= 0.6 is 23.2 Å². The zero-order chi connectivity index (χ0) is 30.8. The number of carbonyl (C=O) groups excluding carboxylic acids is 1. The molecule has 3 aromatic heterocycles. The Morgan fingerprint density at radius 1 is 1.14 bits per heavy atom. The molecule has 4 heterocycles. The van der Waals surface area contributed by atoms with Crippen molar-refractivity contribution in [2.24, 2.45) is 0 Å². The van der Waals surface area contributed by atoms with E-state index in [4.69, 9.17) is 41.8 Å². The molecule has 1 fully saturated rings. The molecule has 14 heteroatoms. The molecule has 0 amide bonds. The third-order valence-corrected chi connectivity index (χ3v) is 8.63. The molecule has 11 nitrogen and oxygen atoms in total. The van der Waals surface area contributed by atoms with Crippen molar-refractivity contribution in [2.45, 2.75) is 25.0 Å². The lowest BCUT2D eigenvalue weighted by atomic mass is 10.0. The molecule has 2 N–H and O–H groups in total. The lowest BCUT2D eigenvalue weighted by molar-refractivity contribution is -0.0419. The van der Waals surface area contributed by atoms with E-state index in [0.717, 1.165) is 18.2 Å². The maximum atomic E-state index is 13.7. The summed E-state index contributed by atoms with van der Waals surface area (Å²) in [5.74, 6) is 1.06. The van der Waals surface area contributed by atoms with Gasteiger partial charge in [-0.3, -0.25) is 4.79 Å². The number of ketones is 1. The lowest BCUT2D eigenvalue weighted by Gasteiger charge is -2.30. The van der Waals surface area contributed by atoms with Gasteiger partial charge in [-0.05, 0) is 42.6 Å². The molecule has 1 aliphatic heterocycles. The number of H-pyrrole nitrogens is 1. The van der Waals surface area contributed by atoms with Gasteiger partial charge in [-0.2, -0.15) is 0 Å². The summed E-state index contributed by atoms with van der Waals surface area (Å²) < 4.78 is 45.5. The van der Waals surface area contributed by atoms with Gasteiger partial charge in [-0.1, -0.05) is 23.7 Å². The number of rotatable bonds is 11. The second kappa shape index (κ2) is 12.7. The van der Waals surface area contributed by atoms with Crippen LogP contribution in [0.2, 0.25) is 10.2 Å². The van der Waals surface area contributed by atoms with Gasteiger partial charge >= 0.3 is 0 Å². The van der Waals surface area contributed by atoms with Gasteiger partial charge in [-0.25, -0.2) is 18.4 Å². The standard InChI is InChI=1S/C30H28Cl2N4O7S/c1-44(38,39)10-9-40-15-20-6-5-18(14-41-20)36-30-26-22(13-33-29(26)34-16-35-30)27(37)21-8-7-19(12-23(21)31)42-24-4-2-3-17-11-25(32)43-28(17)24/h2-4,7-8,11-13,16,18,20H,5-6,9-10,14-15H2,1H3,(H2,33,34,35,36)/t18-,20+/m1/s1. The minimum Gasteiger partial charge on any atom is -0.453 e. The topological polar surface area (TPSA) is 146 Å². The number of para-hydroxylation sites is 1. The highest BCUT2D eigenvalue weighted by molar-refractivity contribution is 7.90. The Morgan fingerprint density at radius 2 is 2.00 bits per heavy atom. The average molecular weight is 660 g/mol. The van der Waals surface area contributed by atoms with Crippen LogP contribution in [0.1, 0.15) is 28.8 Å². The van der Waals surface area contributed by atoms with Crippen molar-refractivity contribution in [3.8, 4) is 11.5 Å². The van der Waals surface area contributed by atoms with Gasteiger partial charge in [0.15, 0.2) is 22.3 Å². The van der Waals surface area contributed by atoms with E-state index >= 15 is 0 Å². The number of ether oxygens (including phenoxy) is 3. The van der Waals surface area contributed by atoms with Crippen LogP contribution in [0.5, 0.6) is 11.5 Å². The van der Waals surface area contributed by atoms with Gasteiger partial charge in [0.05, 0.1) is 53.7 Å². The van der Waals surface area contributed by atoms with E-state index < -0.39 is 9.84 Å². The number of halogens is 2. The van der Waals surface area contributed by atoms with E-state index in [0.29, 0.717) is 52.7 Å². The summed E-state index contributed by atoms with van der Waals surface area (Å²) in [6.45, 7) is 0.860. The normalized spacial score (nSPS) is 17.2. The Kier molecular flexibility index (Phi) is 8.79. The van der Waals surface area contributed by atoms with E-state index in [1.165, 1.54) is 12.6 Å². The first-order valence-electron chi connectivity index (χ1n) is 13.8. The van der Waals surface area contributed by atoms with Crippen molar-refractivity contribution < 1.29 is 31.8 Å². The minimum absolute atomic E-state index is 0.0210. The number of nitrogens with one attached hydrogen (secondary N) is 2. The van der Waals surface area contributed by atoms with Crippen LogP contribution in [-0.2, 0) is 19.3 Å². The second-order valence-electron chi connectivity index (χ2n) is 10.5. The molecule has 2 aromatic carbocycles. The second-order valence-corrected chi connectivity index (χ2v) is 13.6. The molecule has 44 heavy (non-hydrogen) atoms. The molecule has 230 valence electrons. The maximum absolute atomic E-state index is 13.7. The van der Waals surface area contributed by atoms with Crippen LogP contribution in [0.4, 0.5) is 5.82 Å². The molecule has 0 saturated carbocycles. The number of furan rings is 1. The summed E-state index contributed by atoms with van der Waals surface area (Å²) in [7, 11) is -3.07. The van der Waals surface area contributed by atoms with Crippen molar-refractivity contribution in [1.29, 1.82) is 0 Å². The van der Waals surface area contributed by atoms with E-state index in [-0.39, 0.29) is 46.1 Å². The SMILES string of the molecule is CS(=O)(=O)CCOC[C@@H]1CC[C@@H](Nc2ncnc3[nH]cc(C(=O)c4ccc(Oc5cccc6cc(Cl)oc56)cc4Cl)c23)CO1. The van der Waals surface area contributed by atoms with Crippen LogP contribution in [0.25, 0.3) is 22.0 Å². The fraction of sp³-hybridized carbons (Fsp3) is 0.300. The number of sulfone groups is 1. The highest BCUT2D eigenvalue weighted by Gasteiger charge is 2.25. The van der Waals surface area contributed by atoms with Gasteiger partial charge in [0.1, 0.15) is 33.4 Å². The van der Waals surface area contributed by atoms with Crippen LogP contribution < -0.4 is 10.1 Å². The monoisotopic (exact) mass is 658 g/mol. The molecular weight excluding hydrogens is 631 g/mol. The van der Waals surface area contributed by atoms with E-state index in [2.05, 4.69) is 20.3 Å². The molecule has 0 spiro atoms. The third-order valence-electron chi connectivity index (χ3n) is 7.22. The molecule has 2 atom stereocenters. The lowest BCUT2D eigenvalue weighted by Crippen LogP contribution is -2.37. The molecule has 1 aliphatic rings. The zero-order valence-corrected chi connectivity index (χ0v) is 25.8. The summed E-state index contributed by atoms with van der Waals surface area (Å²) in [4.78, 5) is 25.5. The number of aromatic nitrogens is 3. The summed E-state index contributed by atoms with van der Waals surface area (Å²) in [6, 6.07) is 11.9. The molecule has 0 unspecified atom stereocenters. The van der Waals surface area contributed by atoms with Crippen LogP contribution in [0, 0.1) is 0 Å². The summed E-state index contributed by atoms with van der Waals surface area (Å²) >= 11 is 12.6. The van der Waals surface area contributed by atoms with Crippen molar-refractivity contribution in [2.75, 3.05) is 37.1 Å². The van der Waals surface area contributed by atoms with Gasteiger partial charge in [0, 0.05) is 35.5 Å². The molecule has 1 saturated heterocycles. The van der Waals surface area contributed by atoms with Gasteiger partial charge in [-0.15, -0.1) is 0 Å². The quantitative estimate of drug-likeness (QED) is 0.127. The molecule has 6 rings (SSSR count). The van der Waals surface area contributed by atoms with E-state index in [9.17, 15) is 13.2 Å². The smallest absolute Gasteiger partial charge is 0.196 e. The number of hydrogen-bond acceptors (Lipinski definition) is 10. The highest BCUT2D eigenvalue weighted by Crippen LogP contribution is 2.36. The average Bonchev–Trinajstić information content (AvgIpc) is 3.60.